The van der Waals surface area contributed by atoms with E-state index < -0.39 is 0 Å². The molecule has 2 aliphatic rings. The maximum absolute atomic E-state index is 2.46. The summed E-state index contributed by atoms with van der Waals surface area (Å²) in [7, 11) is 0. The first-order valence-corrected chi connectivity index (χ1v) is 6.37. The van der Waals surface area contributed by atoms with Crippen LogP contribution in [-0.4, -0.2) is 0 Å². The van der Waals surface area contributed by atoms with E-state index in [0.29, 0.717) is 5.92 Å². The third-order valence-corrected chi connectivity index (χ3v) is 5.08. The predicted octanol–water partition coefficient (Wildman–Crippen LogP) is 4.44. The van der Waals surface area contributed by atoms with E-state index >= 15 is 0 Å². The molecule has 15 heavy (non-hydrogen) atoms. The monoisotopic (exact) mass is 204 g/mol. The van der Waals surface area contributed by atoms with Gasteiger partial charge in [-0.15, -0.1) is 0 Å². The summed E-state index contributed by atoms with van der Waals surface area (Å²) in [4.78, 5) is 0. The van der Waals surface area contributed by atoms with E-state index in [4.69, 9.17) is 0 Å². The summed E-state index contributed by atoms with van der Waals surface area (Å²) in [5.74, 6) is 3.88. The highest BCUT2D eigenvalue weighted by Gasteiger charge is 2.39. The lowest BCUT2D eigenvalue weighted by Crippen LogP contribution is -2.31. The molecule has 0 spiro atoms. The highest BCUT2D eigenvalue weighted by molar-refractivity contribution is 5.47. The van der Waals surface area contributed by atoms with E-state index in [1.54, 1.807) is 16.7 Å². The minimum absolute atomic E-state index is 0.687. The highest BCUT2D eigenvalue weighted by Crippen LogP contribution is 2.50. The van der Waals surface area contributed by atoms with Crippen LogP contribution >= 0.6 is 0 Å². The molecule has 0 heteroatoms. The molecule has 0 bridgehead atoms. The van der Waals surface area contributed by atoms with Crippen LogP contribution in [0.4, 0.5) is 0 Å². The lowest BCUT2D eigenvalue weighted by atomic mass is 9.65. The normalized spacial score (nSPS) is 45.5. The first-order valence-electron chi connectivity index (χ1n) is 6.37. The molecule has 0 nitrogen and oxygen atoms in total. The van der Waals surface area contributed by atoms with Crippen molar-refractivity contribution in [3.05, 3.63) is 22.8 Å². The lowest BCUT2D eigenvalue weighted by Gasteiger charge is -2.40. The topological polar surface area (TPSA) is 0 Å². The molecule has 84 valence electrons. The minimum atomic E-state index is 0.687. The first kappa shape index (κ1) is 11.0. The molecule has 0 aromatic carbocycles. The third kappa shape index (κ3) is 1.41. The Bertz CT molecular complexity index is 332. The largest absolute Gasteiger partial charge is 0.0744 e. The van der Waals surface area contributed by atoms with Crippen LogP contribution in [0.1, 0.15) is 41.5 Å². The second kappa shape index (κ2) is 3.50. The van der Waals surface area contributed by atoms with E-state index in [2.05, 4.69) is 47.6 Å². The van der Waals surface area contributed by atoms with Gasteiger partial charge in [-0.1, -0.05) is 51.8 Å². The standard InChI is InChI=1S/C15H24/c1-8-7-9(2)15-13(6)11(4)10(3)12(5)14(8)15/h7-8,10-13H,1-6H3. The van der Waals surface area contributed by atoms with Crippen molar-refractivity contribution in [3.63, 3.8) is 0 Å². The Balaban J connectivity index is 2.49. The van der Waals surface area contributed by atoms with Crippen molar-refractivity contribution < 1.29 is 0 Å². The summed E-state index contributed by atoms with van der Waals surface area (Å²) < 4.78 is 0. The smallest absolute Gasteiger partial charge is 0.00370 e. The maximum Gasteiger partial charge on any atom is -0.00370 e. The Morgan fingerprint density at radius 3 is 2.00 bits per heavy atom. The molecule has 0 amide bonds. The van der Waals surface area contributed by atoms with Crippen molar-refractivity contribution >= 4 is 0 Å². The zero-order valence-electron chi connectivity index (χ0n) is 11.0. The van der Waals surface area contributed by atoms with Crippen molar-refractivity contribution in [2.45, 2.75) is 41.5 Å². The fourth-order valence-electron chi connectivity index (χ4n) is 3.77. The Kier molecular flexibility index (Phi) is 2.56. The molecule has 0 heterocycles. The predicted molar refractivity (Wildman–Crippen MR) is 66.6 cm³/mol. The van der Waals surface area contributed by atoms with Gasteiger partial charge in [-0.2, -0.15) is 0 Å². The van der Waals surface area contributed by atoms with Crippen molar-refractivity contribution in [1.82, 2.24) is 0 Å². The molecular weight excluding hydrogens is 180 g/mol. The summed E-state index contributed by atoms with van der Waals surface area (Å²) in [6.45, 7) is 14.3. The van der Waals surface area contributed by atoms with Gasteiger partial charge in [-0.05, 0) is 42.1 Å². The van der Waals surface area contributed by atoms with Gasteiger partial charge in [-0.3, -0.25) is 0 Å². The quantitative estimate of drug-likeness (QED) is 0.547. The molecule has 0 N–H and O–H groups in total. The highest BCUT2D eigenvalue weighted by atomic mass is 14.4. The Hall–Kier alpha value is -0.520. The van der Waals surface area contributed by atoms with Crippen molar-refractivity contribution in [1.29, 1.82) is 0 Å². The van der Waals surface area contributed by atoms with E-state index in [0.717, 1.165) is 23.7 Å². The number of allylic oxidation sites excluding steroid dienone is 4. The summed E-state index contributed by atoms with van der Waals surface area (Å²) in [6.07, 6.45) is 2.46. The van der Waals surface area contributed by atoms with Gasteiger partial charge in [0, 0.05) is 0 Å². The van der Waals surface area contributed by atoms with Gasteiger partial charge in [0.2, 0.25) is 0 Å². The molecule has 2 rings (SSSR count). The van der Waals surface area contributed by atoms with Crippen LogP contribution in [0, 0.1) is 29.6 Å². The molecule has 0 saturated carbocycles. The second-order valence-corrected chi connectivity index (χ2v) is 5.80. The Labute approximate surface area is 94.5 Å². The Morgan fingerprint density at radius 1 is 0.867 bits per heavy atom. The SMILES string of the molecule is CC1=CC(C)C2=C1C(C)C(C)C(C)C2C. The zero-order valence-corrected chi connectivity index (χ0v) is 11.0. The van der Waals surface area contributed by atoms with Crippen LogP contribution in [0.2, 0.25) is 0 Å². The summed E-state index contributed by atoms with van der Waals surface area (Å²) in [5, 5.41) is 0. The molecule has 5 atom stereocenters. The van der Waals surface area contributed by atoms with Crippen LogP contribution in [0.25, 0.3) is 0 Å². The molecule has 0 aliphatic heterocycles. The Morgan fingerprint density at radius 2 is 1.40 bits per heavy atom. The molecule has 0 saturated heterocycles. The van der Waals surface area contributed by atoms with Crippen molar-refractivity contribution in [2.75, 3.05) is 0 Å². The number of hydrogen-bond acceptors (Lipinski definition) is 0. The zero-order chi connectivity index (χ0) is 11.3. The van der Waals surface area contributed by atoms with Crippen LogP contribution in [0.5, 0.6) is 0 Å². The van der Waals surface area contributed by atoms with Gasteiger partial charge in [0.1, 0.15) is 0 Å². The van der Waals surface area contributed by atoms with Crippen molar-refractivity contribution in [2.24, 2.45) is 29.6 Å². The van der Waals surface area contributed by atoms with Gasteiger partial charge >= 0.3 is 0 Å². The van der Waals surface area contributed by atoms with Gasteiger partial charge < -0.3 is 0 Å². The second-order valence-electron chi connectivity index (χ2n) is 5.80. The molecule has 5 unspecified atom stereocenters. The van der Waals surface area contributed by atoms with Crippen molar-refractivity contribution in [3.8, 4) is 0 Å². The van der Waals surface area contributed by atoms with E-state index in [1.165, 1.54) is 0 Å². The maximum atomic E-state index is 2.46. The summed E-state index contributed by atoms with van der Waals surface area (Å²) in [6, 6.07) is 0. The molecular formula is C15H24. The summed E-state index contributed by atoms with van der Waals surface area (Å²) in [5.41, 5.74) is 4.99. The molecule has 0 aromatic heterocycles. The third-order valence-electron chi connectivity index (χ3n) is 5.08. The molecule has 0 aromatic rings. The molecule has 0 fully saturated rings. The first-order chi connectivity index (χ1) is 6.95. The number of rotatable bonds is 0. The summed E-state index contributed by atoms with van der Waals surface area (Å²) >= 11 is 0. The van der Waals surface area contributed by atoms with Crippen LogP contribution < -0.4 is 0 Å². The average Bonchev–Trinajstić information content (AvgIpc) is 2.47. The molecule has 2 aliphatic carbocycles. The van der Waals surface area contributed by atoms with Crippen LogP contribution in [0.15, 0.2) is 22.8 Å². The van der Waals surface area contributed by atoms with Gasteiger partial charge in [0.15, 0.2) is 0 Å². The van der Waals surface area contributed by atoms with Crippen LogP contribution in [0.3, 0.4) is 0 Å². The number of hydrogen-bond donors (Lipinski definition) is 0. The lowest BCUT2D eigenvalue weighted by molar-refractivity contribution is 0.224. The average molecular weight is 204 g/mol. The molecule has 0 radical (unpaired) electrons. The fourth-order valence-corrected chi connectivity index (χ4v) is 3.77. The van der Waals surface area contributed by atoms with E-state index in [1.807, 2.05) is 0 Å². The van der Waals surface area contributed by atoms with E-state index in [-0.39, 0.29) is 0 Å². The van der Waals surface area contributed by atoms with Crippen LogP contribution in [-0.2, 0) is 0 Å². The fraction of sp³-hybridized carbons (Fsp3) is 0.733. The van der Waals surface area contributed by atoms with E-state index in [9.17, 15) is 0 Å². The van der Waals surface area contributed by atoms with Gasteiger partial charge in [0.05, 0.1) is 0 Å². The minimum Gasteiger partial charge on any atom is -0.0744 e. The van der Waals surface area contributed by atoms with Gasteiger partial charge in [-0.25, -0.2) is 0 Å². The van der Waals surface area contributed by atoms with Gasteiger partial charge in [0.25, 0.3) is 0 Å².